The van der Waals surface area contributed by atoms with Gasteiger partial charge in [-0.2, -0.15) is 0 Å². The van der Waals surface area contributed by atoms with Gasteiger partial charge < -0.3 is 20.6 Å². The monoisotopic (exact) mass is 437 g/mol. The summed E-state index contributed by atoms with van der Waals surface area (Å²) in [6, 6.07) is 6.55. The summed E-state index contributed by atoms with van der Waals surface area (Å²) in [5.41, 5.74) is 3.20. The van der Waals surface area contributed by atoms with E-state index in [0.717, 1.165) is 5.56 Å². The number of carboxylic acids is 2. The number of Topliss-reactive ketones (excluding diaryl/α,β-unsaturated/α-hetero) is 1. The van der Waals surface area contributed by atoms with Gasteiger partial charge in [-0.1, -0.05) is 44.2 Å². The summed E-state index contributed by atoms with van der Waals surface area (Å²) in [6.45, 7) is 3.37. The summed E-state index contributed by atoms with van der Waals surface area (Å²) >= 11 is 0. The first-order chi connectivity index (χ1) is 14.6. The highest BCUT2D eigenvalue weighted by molar-refractivity contribution is 5.94. The highest BCUT2D eigenvalue weighted by atomic mass is 16.4. The van der Waals surface area contributed by atoms with E-state index in [-0.39, 0.29) is 12.8 Å². The molecule has 1 amide bonds. The number of nitrogens with two attached hydrogens (primary N) is 1. The summed E-state index contributed by atoms with van der Waals surface area (Å²) < 4.78 is 0. The van der Waals surface area contributed by atoms with Gasteiger partial charge in [0.2, 0.25) is 5.91 Å². The number of carbonyl (C=O) groups is 4. The fourth-order valence-corrected chi connectivity index (χ4v) is 3.32. The number of carbonyl (C=O) groups excluding carboxylic acids is 2. The molecule has 0 aliphatic heterocycles. The number of ketones is 1. The van der Waals surface area contributed by atoms with Crippen molar-refractivity contribution in [3.8, 4) is 0 Å². The number of hydrazine groups is 1. The molecule has 0 saturated carbocycles. The van der Waals surface area contributed by atoms with E-state index >= 15 is 0 Å². The second-order valence-corrected chi connectivity index (χ2v) is 7.69. The lowest BCUT2D eigenvalue weighted by Crippen LogP contribution is -2.58. The number of carboxylic acid groups (broad SMARTS) is 2. The number of rotatable bonds is 14. The van der Waals surface area contributed by atoms with Crippen LogP contribution in [0.1, 0.15) is 38.7 Å². The van der Waals surface area contributed by atoms with Gasteiger partial charge in [0.25, 0.3) is 0 Å². The van der Waals surface area contributed by atoms with Crippen LogP contribution >= 0.6 is 0 Å². The van der Waals surface area contributed by atoms with Crippen molar-refractivity contribution in [1.82, 2.24) is 10.7 Å². The van der Waals surface area contributed by atoms with Gasteiger partial charge in [0, 0.05) is 12.3 Å². The van der Waals surface area contributed by atoms with Crippen molar-refractivity contribution < 1.29 is 34.5 Å². The van der Waals surface area contributed by atoms with E-state index in [2.05, 4.69) is 10.7 Å². The highest BCUT2D eigenvalue weighted by Gasteiger charge is 2.39. The van der Waals surface area contributed by atoms with Crippen LogP contribution in [0.3, 0.4) is 0 Å². The van der Waals surface area contributed by atoms with E-state index in [0.29, 0.717) is 6.42 Å². The smallest absolute Gasteiger partial charge is 0.326 e. The topological polar surface area (TPSA) is 179 Å². The zero-order valence-electron chi connectivity index (χ0n) is 17.7. The first-order valence-electron chi connectivity index (χ1n) is 10.0. The quantitative estimate of drug-likeness (QED) is 0.174. The Balaban J connectivity index is 2.89. The SMILES string of the molecule is CC(C)[C@@H](C(=O)[C@@H](O)CCc1ccccc1)[C@H](NN)C(=O)N[C@@H](CCC(=O)O)C(=O)O. The summed E-state index contributed by atoms with van der Waals surface area (Å²) in [6.07, 6.45) is -1.50. The molecule has 0 unspecified atom stereocenters. The Hall–Kier alpha value is -2.82. The average molecular weight is 437 g/mol. The second kappa shape index (κ2) is 12.8. The molecule has 172 valence electrons. The zero-order valence-corrected chi connectivity index (χ0v) is 17.7. The summed E-state index contributed by atoms with van der Waals surface area (Å²) in [7, 11) is 0. The molecule has 1 rings (SSSR count). The van der Waals surface area contributed by atoms with Crippen molar-refractivity contribution in [2.75, 3.05) is 0 Å². The van der Waals surface area contributed by atoms with Crippen molar-refractivity contribution >= 4 is 23.6 Å². The molecule has 0 heterocycles. The van der Waals surface area contributed by atoms with Crippen LogP contribution < -0.4 is 16.6 Å². The third kappa shape index (κ3) is 8.44. The normalized spacial score (nSPS) is 15.0. The lowest BCUT2D eigenvalue weighted by atomic mass is 9.81. The molecule has 0 aliphatic rings. The maximum atomic E-state index is 12.9. The number of hydrogen-bond acceptors (Lipinski definition) is 7. The zero-order chi connectivity index (χ0) is 23.6. The van der Waals surface area contributed by atoms with Gasteiger partial charge in [0.15, 0.2) is 5.78 Å². The van der Waals surface area contributed by atoms with Crippen LogP contribution in [0.2, 0.25) is 0 Å². The minimum atomic E-state index is -1.45. The molecule has 0 bridgehead atoms. The predicted molar refractivity (Wildman–Crippen MR) is 112 cm³/mol. The standard InChI is InChI=1S/C21H31N3O7/c1-12(2)17(19(28)15(25)10-8-13-6-4-3-5-7-13)18(24-22)20(29)23-14(21(30)31)9-11-16(26)27/h3-7,12,14-15,17-18,24-25H,8-11,22H2,1-2H3,(H,23,29)(H,26,27)(H,30,31)/t14-,15-,17+,18-/m0/s1. The van der Waals surface area contributed by atoms with Crippen molar-refractivity contribution in [3.63, 3.8) is 0 Å². The first kappa shape index (κ1) is 26.2. The number of nitrogens with one attached hydrogen (secondary N) is 2. The lowest BCUT2D eigenvalue weighted by molar-refractivity contribution is -0.144. The molecule has 0 saturated heterocycles. The van der Waals surface area contributed by atoms with Crippen LogP contribution in [0, 0.1) is 11.8 Å². The molecule has 0 spiro atoms. The first-order valence-corrected chi connectivity index (χ1v) is 10.0. The Morgan fingerprint density at radius 1 is 1.03 bits per heavy atom. The van der Waals surface area contributed by atoms with Crippen LogP contribution in [-0.4, -0.2) is 57.1 Å². The Morgan fingerprint density at radius 2 is 1.65 bits per heavy atom. The van der Waals surface area contributed by atoms with Crippen molar-refractivity contribution in [2.24, 2.45) is 17.7 Å². The molecule has 10 nitrogen and oxygen atoms in total. The van der Waals surface area contributed by atoms with E-state index < -0.39 is 60.1 Å². The molecule has 7 N–H and O–H groups in total. The van der Waals surface area contributed by atoms with Crippen LogP contribution in [0.4, 0.5) is 0 Å². The number of aliphatic carboxylic acids is 2. The summed E-state index contributed by atoms with van der Waals surface area (Å²) in [5.74, 6) is 0.0385. The number of hydrogen-bond donors (Lipinski definition) is 6. The molecular weight excluding hydrogens is 406 g/mol. The van der Waals surface area contributed by atoms with Crippen LogP contribution in [0.15, 0.2) is 30.3 Å². The van der Waals surface area contributed by atoms with Gasteiger partial charge in [-0.3, -0.25) is 20.2 Å². The fraction of sp³-hybridized carbons (Fsp3) is 0.524. The van der Waals surface area contributed by atoms with Gasteiger partial charge in [0.1, 0.15) is 18.2 Å². The van der Waals surface area contributed by atoms with Gasteiger partial charge in [-0.25, -0.2) is 10.2 Å². The molecule has 0 fully saturated rings. The number of benzene rings is 1. The fourth-order valence-electron chi connectivity index (χ4n) is 3.32. The molecule has 0 aliphatic carbocycles. The number of amides is 1. The Labute approximate surface area is 180 Å². The Kier molecular flexibility index (Phi) is 10.8. The molecule has 1 aromatic carbocycles. The van der Waals surface area contributed by atoms with Gasteiger partial charge in [-0.15, -0.1) is 0 Å². The molecule has 4 atom stereocenters. The van der Waals surface area contributed by atoms with Crippen molar-refractivity contribution in [1.29, 1.82) is 0 Å². The molecule has 31 heavy (non-hydrogen) atoms. The lowest BCUT2D eigenvalue weighted by Gasteiger charge is -2.30. The largest absolute Gasteiger partial charge is 0.481 e. The van der Waals surface area contributed by atoms with E-state index in [4.69, 9.17) is 10.9 Å². The van der Waals surface area contributed by atoms with Crippen molar-refractivity contribution in [3.05, 3.63) is 35.9 Å². The minimum Gasteiger partial charge on any atom is -0.481 e. The maximum absolute atomic E-state index is 12.9. The highest BCUT2D eigenvalue weighted by Crippen LogP contribution is 2.21. The van der Waals surface area contributed by atoms with E-state index in [9.17, 15) is 29.4 Å². The molecular formula is C21H31N3O7. The Bertz CT molecular complexity index is 755. The van der Waals surface area contributed by atoms with E-state index in [1.165, 1.54) is 0 Å². The van der Waals surface area contributed by atoms with E-state index in [1.54, 1.807) is 13.8 Å². The molecule has 0 aromatic heterocycles. The second-order valence-electron chi connectivity index (χ2n) is 7.69. The summed E-state index contributed by atoms with van der Waals surface area (Å²) in [5, 5.41) is 30.7. The van der Waals surface area contributed by atoms with Crippen LogP contribution in [0.25, 0.3) is 0 Å². The number of aryl methyl sites for hydroxylation is 1. The third-order valence-electron chi connectivity index (χ3n) is 5.01. The van der Waals surface area contributed by atoms with Gasteiger partial charge in [0.05, 0.1) is 0 Å². The van der Waals surface area contributed by atoms with Gasteiger partial charge >= 0.3 is 11.9 Å². The number of aliphatic hydroxyl groups excluding tert-OH is 1. The maximum Gasteiger partial charge on any atom is 0.326 e. The predicted octanol–water partition coefficient (Wildman–Crippen LogP) is 0.0875. The van der Waals surface area contributed by atoms with Crippen molar-refractivity contribution in [2.45, 2.75) is 57.7 Å². The molecule has 0 radical (unpaired) electrons. The summed E-state index contributed by atoms with van der Waals surface area (Å²) in [4.78, 5) is 47.7. The molecule has 1 aromatic rings. The average Bonchev–Trinajstić information content (AvgIpc) is 2.72. The third-order valence-corrected chi connectivity index (χ3v) is 5.01. The van der Waals surface area contributed by atoms with Gasteiger partial charge in [-0.05, 0) is 30.7 Å². The van der Waals surface area contributed by atoms with Crippen LogP contribution in [0.5, 0.6) is 0 Å². The molecule has 10 heteroatoms. The Morgan fingerprint density at radius 3 is 2.13 bits per heavy atom. The van der Waals surface area contributed by atoms with E-state index in [1.807, 2.05) is 30.3 Å². The minimum absolute atomic E-state index is 0.154. The number of aliphatic hydroxyl groups is 1. The van der Waals surface area contributed by atoms with Crippen LogP contribution in [-0.2, 0) is 25.6 Å².